The lowest BCUT2D eigenvalue weighted by Gasteiger charge is -2.47. The molecule has 1 atom stereocenters. The third-order valence-corrected chi connectivity index (χ3v) is 5.56. The van der Waals surface area contributed by atoms with Gasteiger partial charge in [0.2, 0.25) is 0 Å². The molecule has 26 heavy (non-hydrogen) atoms. The number of fused-ring (bicyclic) bond motifs is 3. The molecule has 1 amide bonds. The van der Waals surface area contributed by atoms with Crippen LogP contribution in [0.15, 0.2) is 4.99 Å². The second kappa shape index (κ2) is 9.41. The summed E-state index contributed by atoms with van der Waals surface area (Å²) in [6.45, 7) is 13.5. The number of rotatable bonds is 5. The molecule has 2 N–H and O–H groups in total. The lowest BCUT2D eigenvalue weighted by molar-refractivity contribution is 0.0174. The molecule has 0 radical (unpaired) electrons. The molecule has 1 unspecified atom stereocenters. The maximum absolute atomic E-state index is 11.8. The van der Waals surface area contributed by atoms with Crippen LogP contribution < -0.4 is 10.6 Å². The first kappa shape index (κ1) is 19.2. The van der Waals surface area contributed by atoms with Gasteiger partial charge < -0.3 is 20.3 Å². The van der Waals surface area contributed by atoms with Crippen molar-refractivity contribution in [3.8, 4) is 0 Å². The van der Waals surface area contributed by atoms with Crippen molar-refractivity contribution in [2.75, 3.05) is 65.5 Å². The van der Waals surface area contributed by atoms with Crippen molar-refractivity contribution in [1.82, 2.24) is 25.3 Å². The molecule has 8 heteroatoms. The fraction of sp³-hybridized carbons (Fsp3) is 0.889. The Kier molecular flexibility index (Phi) is 6.96. The molecule has 8 nitrogen and oxygen atoms in total. The Hall–Kier alpha value is -1.54. The molecule has 148 valence electrons. The average Bonchev–Trinajstić information content (AvgIpc) is 2.68. The Labute approximate surface area is 156 Å². The Morgan fingerprint density at radius 1 is 1.12 bits per heavy atom. The Bertz CT molecular complexity index is 484. The number of piperidine rings is 1. The molecule has 0 aromatic rings. The zero-order valence-corrected chi connectivity index (χ0v) is 16.2. The summed E-state index contributed by atoms with van der Waals surface area (Å²) < 4.78 is 5.09. The zero-order chi connectivity index (χ0) is 18.4. The first-order valence-electron chi connectivity index (χ1n) is 10.1. The van der Waals surface area contributed by atoms with Gasteiger partial charge in [-0.3, -0.25) is 14.8 Å². The van der Waals surface area contributed by atoms with E-state index in [1.54, 1.807) is 4.90 Å². The number of guanidine groups is 1. The van der Waals surface area contributed by atoms with E-state index in [2.05, 4.69) is 27.4 Å². The van der Waals surface area contributed by atoms with Gasteiger partial charge in [-0.2, -0.15) is 0 Å². The largest absolute Gasteiger partial charge is 0.450 e. The third-order valence-electron chi connectivity index (χ3n) is 5.56. The van der Waals surface area contributed by atoms with E-state index in [1.165, 1.54) is 26.2 Å². The van der Waals surface area contributed by atoms with Crippen LogP contribution in [0.4, 0.5) is 4.79 Å². The van der Waals surface area contributed by atoms with Crippen molar-refractivity contribution in [3.63, 3.8) is 0 Å². The van der Waals surface area contributed by atoms with Crippen LogP contribution in [-0.4, -0.2) is 104 Å². The number of piperazine rings is 3. The molecule has 0 aromatic heterocycles. The highest BCUT2D eigenvalue weighted by atomic mass is 16.6. The zero-order valence-electron chi connectivity index (χ0n) is 16.2. The predicted molar refractivity (Wildman–Crippen MR) is 103 cm³/mol. The molecule has 4 rings (SSSR count). The number of ether oxygens (including phenoxy) is 1. The van der Waals surface area contributed by atoms with Crippen LogP contribution >= 0.6 is 0 Å². The number of nitrogens with one attached hydrogen (secondary N) is 2. The molecule has 4 saturated heterocycles. The van der Waals surface area contributed by atoms with E-state index in [-0.39, 0.29) is 6.09 Å². The fourth-order valence-electron chi connectivity index (χ4n) is 4.03. The Morgan fingerprint density at radius 2 is 1.85 bits per heavy atom. The summed E-state index contributed by atoms with van der Waals surface area (Å²) in [5.41, 5.74) is 0. The maximum Gasteiger partial charge on any atom is 0.409 e. The second-order valence-electron chi connectivity index (χ2n) is 7.31. The van der Waals surface area contributed by atoms with E-state index in [0.717, 1.165) is 51.5 Å². The highest BCUT2D eigenvalue weighted by Gasteiger charge is 2.31. The Morgan fingerprint density at radius 3 is 2.42 bits per heavy atom. The first-order valence-corrected chi connectivity index (χ1v) is 10.1. The molecule has 0 saturated carbocycles. The van der Waals surface area contributed by atoms with E-state index in [0.29, 0.717) is 18.7 Å². The van der Waals surface area contributed by atoms with Crippen molar-refractivity contribution in [2.24, 2.45) is 4.99 Å². The third kappa shape index (κ3) is 5.01. The molecular formula is C18H34N6O2. The summed E-state index contributed by atoms with van der Waals surface area (Å²) in [5.74, 6) is 0.903. The first-order chi connectivity index (χ1) is 12.7. The monoisotopic (exact) mass is 366 g/mol. The molecule has 4 fully saturated rings. The summed E-state index contributed by atoms with van der Waals surface area (Å²) in [6.07, 6.45) is 1.65. The highest BCUT2D eigenvalue weighted by molar-refractivity contribution is 5.80. The summed E-state index contributed by atoms with van der Waals surface area (Å²) in [6, 6.07) is 0.893. The van der Waals surface area contributed by atoms with Crippen LogP contribution in [0.3, 0.4) is 0 Å². The van der Waals surface area contributed by atoms with Gasteiger partial charge in [-0.15, -0.1) is 0 Å². The van der Waals surface area contributed by atoms with Gasteiger partial charge in [-0.05, 0) is 26.7 Å². The van der Waals surface area contributed by atoms with Crippen molar-refractivity contribution >= 4 is 12.1 Å². The van der Waals surface area contributed by atoms with Crippen LogP contribution in [0.5, 0.6) is 0 Å². The summed E-state index contributed by atoms with van der Waals surface area (Å²) in [7, 11) is 0. The number of hydrogen-bond acceptors (Lipinski definition) is 5. The van der Waals surface area contributed by atoms with E-state index < -0.39 is 0 Å². The van der Waals surface area contributed by atoms with Crippen LogP contribution in [0.1, 0.15) is 26.7 Å². The minimum absolute atomic E-state index is 0.192. The van der Waals surface area contributed by atoms with Crippen LogP contribution in [0, 0.1) is 0 Å². The molecule has 2 bridgehead atoms. The van der Waals surface area contributed by atoms with Gasteiger partial charge in [0.1, 0.15) is 0 Å². The van der Waals surface area contributed by atoms with Gasteiger partial charge in [0.25, 0.3) is 0 Å². The molecule has 4 aliphatic heterocycles. The van der Waals surface area contributed by atoms with Gasteiger partial charge in [-0.1, -0.05) is 0 Å². The van der Waals surface area contributed by atoms with E-state index in [1.807, 2.05) is 6.92 Å². The summed E-state index contributed by atoms with van der Waals surface area (Å²) in [5, 5.41) is 6.93. The molecule has 0 aliphatic carbocycles. The minimum atomic E-state index is -0.192. The van der Waals surface area contributed by atoms with Crippen molar-refractivity contribution in [3.05, 3.63) is 0 Å². The number of nitrogens with zero attached hydrogens (tertiary/aromatic N) is 4. The highest BCUT2D eigenvalue weighted by Crippen LogP contribution is 2.16. The number of hydrogen-bond donors (Lipinski definition) is 2. The number of amides is 1. The number of aliphatic imine (C=N–C) groups is 1. The quantitative estimate of drug-likeness (QED) is 0.534. The summed E-state index contributed by atoms with van der Waals surface area (Å²) >= 11 is 0. The molecule has 4 aliphatic rings. The molecular weight excluding hydrogens is 332 g/mol. The normalized spacial score (nSPS) is 29.5. The van der Waals surface area contributed by atoms with Crippen molar-refractivity contribution in [2.45, 2.75) is 38.8 Å². The van der Waals surface area contributed by atoms with E-state index >= 15 is 0 Å². The second-order valence-corrected chi connectivity index (χ2v) is 7.31. The lowest BCUT2D eigenvalue weighted by atomic mass is 10.1. The van der Waals surface area contributed by atoms with Crippen LogP contribution in [-0.2, 0) is 4.74 Å². The molecule has 0 spiro atoms. The van der Waals surface area contributed by atoms with E-state index in [9.17, 15) is 4.79 Å². The predicted octanol–water partition coefficient (Wildman–Crippen LogP) is 0.162. The van der Waals surface area contributed by atoms with Gasteiger partial charge >= 0.3 is 6.09 Å². The number of likely N-dealkylation sites (tertiary alicyclic amines) is 1. The fourth-order valence-corrected chi connectivity index (χ4v) is 4.03. The Balaban J connectivity index is 1.47. The average molecular weight is 367 g/mol. The maximum atomic E-state index is 11.8. The topological polar surface area (TPSA) is 72.4 Å². The molecule has 4 heterocycles. The number of carbonyl (C=O) groups excluding carboxylic acids is 1. The van der Waals surface area contributed by atoms with Crippen LogP contribution in [0.25, 0.3) is 0 Å². The van der Waals surface area contributed by atoms with Gasteiger partial charge in [-0.25, -0.2) is 4.79 Å². The van der Waals surface area contributed by atoms with Gasteiger partial charge in [0.15, 0.2) is 5.96 Å². The van der Waals surface area contributed by atoms with Crippen molar-refractivity contribution < 1.29 is 9.53 Å². The SMILES string of the molecule is CCNC(=NCC1CN2CCN1CC2)NC1CCN(C(=O)OCC)CC1. The van der Waals surface area contributed by atoms with E-state index in [4.69, 9.17) is 9.73 Å². The van der Waals surface area contributed by atoms with Crippen molar-refractivity contribution in [1.29, 1.82) is 0 Å². The minimum Gasteiger partial charge on any atom is -0.450 e. The van der Waals surface area contributed by atoms with Crippen LogP contribution in [0.2, 0.25) is 0 Å². The summed E-state index contributed by atoms with van der Waals surface area (Å²) in [4.78, 5) is 23.6. The molecule has 0 aromatic carbocycles. The smallest absolute Gasteiger partial charge is 0.409 e. The van der Waals surface area contributed by atoms with Gasteiger partial charge in [0.05, 0.1) is 13.2 Å². The standard InChI is InChI=1S/C18H34N6O2/c1-3-19-17(20-13-16-14-22-9-11-23(16)12-10-22)21-15-5-7-24(8-6-15)18(25)26-4-2/h15-16H,3-14H2,1-2H3,(H2,19,20,21). The lowest BCUT2D eigenvalue weighted by Crippen LogP contribution is -2.62. The van der Waals surface area contributed by atoms with Gasteiger partial charge in [0, 0.05) is 64.4 Å². The number of carbonyl (C=O) groups is 1.